The molecule has 0 atom stereocenters. The molecule has 6 nitrogen and oxygen atoms in total. The van der Waals surface area contributed by atoms with Crippen LogP contribution >= 0.6 is 15.9 Å². The SMILES string of the molecule is CCCNc1ncc(Br)c(NC(C)(C)C(N)=O)n1. The second-order valence-corrected chi connectivity index (χ2v) is 5.29. The summed E-state index contributed by atoms with van der Waals surface area (Å²) in [6.45, 7) is 6.24. The molecule has 0 saturated carbocycles. The minimum Gasteiger partial charge on any atom is -0.368 e. The summed E-state index contributed by atoms with van der Waals surface area (Å²) in [5, 5.41) is 6.07. The van der Waals surface area contributed by atoms with Crippen LogP contribution in [0.2, 0.25) is 0 Å². The smallest absolute Gasteiger partial charge is 0.242 e. The average molecular weight is 316 g/mol. The monoisotopic (exact) mass is 315 g/mol. The van der Waals surface area contributed by atoms with E-state index in [1.807, 2.05) is 0 Å². The van der Waals surface area contributed by atoms with Gasteiger partial charge in [0.25, 0.3) is 0 Å². The molecule has 0 aromatic carbocycles. The van der Waals surface area contributed by atoms with E-state index < -0.39 is 11.4 Å². The molecule has 0 radical (unpaired) electrons. The van der Waals surface area contributed by atoms with Gasteiger partial charge in [0.2, 0.25) is 11.9 Å². The number of primary amides is 1. The van der Waals surface area contributed by atoms with E-state index in [9.17, 15) is 4.79 Å². The van der Waals surface area contributed by atoms with E-state index in [4.69, 9.17) is 5.73 Å². The summed E-state index contributed by atoms with van der Waals surface area (Å²) >= 11 is 3.33. The number of nitrogens with two attached hydrogens (primary N) is 1. The quantitative estimate of drug-likeness (QED) is 0.743. The molecular weight excluding hydrogens is 298 g/mol. The number of rotatable bonds is 6. The van der Waals surface area contributed by atoms with Crippen LogP contribution in [0.1, 0.15) is 27.2 Å². The molecule has 1 aromatic heterocycles. The molecule has 4 N–H and O–H groups in total. The lowest BCUT2D eigenvalue weighted by atomic mass is 10.1. The van der Waals surface area contributed by atoms with Crippen LogP contribution in [0, 0.1) is 0 Å². The molecule has 0 bridgehead atoms. The van der Waals surface area contributed by atoms with E-state index >= 15 is 0 Å². The fraction of sp³-hybridized carbons (Fsp3) is 0.545. The summed E-state index contributed by atoms with van der Waals surface area (Å²) in [5.41, 5.74) is 4.43. The van der Waals surface area contributed by atoms with Gasteiger partial charge in [0, 0.05) is 12.7 Å². The normalized spacial score (nSPS) is 11.1. The summed E-state index contributed by atoms with van der Waals surface area (Å²) < 4.78 is 0.680. The summed E-state index contributed by atoms with van der Waals surface area (Å²) in [5.74, 6) is 0.603. The van der Waals surface area contributed by atoms with Gasteiger partial charge in [0.1, 0.15) is 11.4 Å². The Morgan fingerprint density at radius 3 is 2.78 bits per heavy atom. The number of amides is 1. The molecule has 0 saturated heterocycles. The zero-order valence-corrected chi connectivity index (χ0v) is 12.3. The van der Waals surface area contributed by atoms with Crippen molar-refractivity contribution in [2.24, 2.45) is 5.73 Å². The fourth-order valence-electron chi connectivity index (χ4n) is 1.13. The molecule has 0 spiro atoms. The third kappa shape index (κ3) is 3.83. The number of carbonyl (C=O) groups is 1. The molecule has 100 valence electrons. The Labute approximate surface area is 115 Å². The minimum atomic E-state index is -0.876. The van der Waals surface area contributed by atoms with Crippen LogP contribution in [0.15, 0.2) is 10.7 Å². The number of halogens is 1. The first-order valence-electron chi connectivity index (χ1n) is 5.71. The first-order valence-corrected chi connectivity index (χ1v) is 6.50. The van der Waals surface area contributed by atoms with Crippen molar-refractivity contribution in [2.75, 3.05) is 17.2 Å². The molecule has 0 unspecified atom stereocenters. The maximum absolute atomic E-state index is 11.3. The summed E-state index contributed by atoms with van der Waals surface area (Å²) in [4.78, 5) is 19.7. The maximum atomic E-state index is 11.3. The van der Waals surface area contributed by atoms with Crippen LogP contribution in [-0.4, -0.2) is 28.0 Å². The van der Waals surface area contributed by atoms with Crippen molar-refractivity contribution in [3.8, 4) is 0 Å². The Kier molecular flexibility index (Phi) is 4.89. The highest BCUT2D eigenvalue weighted by molar-refractivity contribution is 9.10. The Hall–Kier alpha value is -1.37. The molecule has 1 amide bonds. The number of nitrogens with one attached hydrogen (secondary N) is 2. The Balaban J connectivity index is 2.90. The molecule has 1 heterocycles. The molecule has 0 aliphatic carbocycles. The van der Waals surface area contributed by atoms with E-state index in [0.29, 0.717) is 16.2 Å². The first kappa shape index (κ1) is 14.7. The van der Waals surface area contributed by atoms with Crippen LogP contribution in [0.25, 0.3) is 0 Å². The summed E-state index contributed by atoms with van der Waals surface area (Å²) in [6.07, 6.45) is 2.61. The predicted octanol–water partition coefficient (Wildman–Crippen LogP) is 1.74. The number of nitrogens with zero attached hydrogens (tertiary/aromatic N) is 2. The number of carbonyl (C=O) groups excluding carboxylic acids is 1. The lowest BCUT2D eigenvalue weighted by Crippen LogP contribution is -2.45. The van der Waals surface area contributed by atoms with E-state index in [1.165, 1.54) is 0 Å². The molecule has 0 fully saturated rings. The Morgan fingerprint density at radius 1 is 1.56 bits per heavy atom. The third-order valence-corrected chi connectivity index (χ3v) is 2.90. The van der Waals surface area contributed by atoms with E-state index in [2.05, 4.69) is 43.5 Å². The molecule has 18 heavy (non-hydrogen) atoms. The molecule has 1 rings (SSSR count). The van der Waals surface area contributed by atoms with Gasteiger partial charge in [-0.25, -0.2) is 4.98 Å². The maximum Gasteiger partial charge on any atom is 0.242 e. The van der Waals surface area contributed by atoms with Crippen molar-refractivity contribution in [2.45, 2.75) is 32.7 Å². The fourth-order valence-corrected chi connectivity index (χ4v) is 1.42. The molecule has 7 heteroatoms. The van der Waals surface area contributed by atoms with Crippen molar-refractivity contribution in [3.05, 3.63) is 10.7 Å². The highest BCUT2D eigenvalue weighted by Crippen LogP contribution is 2.23. The van der Waals surface area contributed by atoms with Crippen LogP contribution in [0.5, 0.6) is 0 Å². The average Bonchev–Trinajstić information content (AvgIpc) is 2.29. The Bertz CT molecular complexity index is 435. The van der Waals surface area contributed by atoms with Gasteiger partial charge in [-0.05, 0) is 36.2 Å². The van der Waals surface area contributed by atoms with Gasteiger partial charge in [0.15, 0.2) is 0 Å². The lowest BCUT2D eigenvalue weighted by Gasteiger charge is -2.23. The molecule has 0 aliphatic rings. The van der Waals surface area contributed by atoms with Crippen molar-refractivity contribution < 1.29 is 4.79 Å². The molecule has 1 aromatic rings. The van der Waals surface area contributed by atoms with Gasteiger partial charge < -0.3 is 16.4 Å². The standard InChI is InChI=1S/C11H18BrN5O/c1-4-5-14-10-15-6-7(12)8(16-10)17-11(2,3)9(13)18/h6H,4-5H2,1-3H3,(H2,13,18)(H2,14,15,16,17). The Morgan fingerprint density at radius 2 is 2.22 bits per heavy atom. The second-order valence-electron chi connectivity index (χ2n) is 4.43. The van der Waals surface area contributed by atoms with E-state index in [0.717, 1.165) is 13.0 Å². The predicted molar refractivity (Wildman–Crippen MR) is 75.4 cm³/mol. The van der Waals surface area contributed by atoms with Gasteiger partial charge >= 0.3 is 0 Å². The van der Waals surface area contributed by atoms with Crippen LogP contribution in [0.3, 0.4) is 0 Å². The number of aromatic nitrogens is 2. The van der Waals surface area contributed by atoms with Gasteiger partial charge in [-0.1, -0.05) is 6.92 Å². The van der Waals surface area contributed by atoms with Crippen molar-refractivity contribution in [3.63, 3.8) is 0 Å². The highest BCUT2D eigenvalue weighted by Gasteiger charge is 2.26. The van der Waals surface area contributed by atoms with Gasteiger partial charge in [-0.3, -0.25) is 4.79 Å². The van der Waals surface area contributed by atoms with Crippen molar-refractivity contribution in [1.29, 1.82) is 0 Å². The van der Waals surface area contributed by atoms with Crippen LogP contribution in [-0.2, 0) is 4.79 Å². The molecular formula is C11H18BrN5O. The van der Waals surface area contributed by atoms with Gasteiger partial charge in [0.05, 0.1) is 4.47 Å². The van der Waals surface area contributed by atoms with Crippen molar-refractivity contribution >= 4 is 33.6 Å². The second kappa shape index (κ2) is 5.99. The lowest BCUT2D eigenvalue weighted by molar-refractivity contribution is -0.121. The summed E-state index contributed by atoms with van der Waals surface area (Å²) in [7, 11) is 0. The zero-order chi connectivity index (χ0) is 13.8. The highest BCUT2D eigenvalue weighted by atomic mass is 79.9. The minimum absolute atomic E-state index is 0.448. The topological polar surface area (TPSA) is 92.9 Å². The number of hydrogen-bond acceptors (Lipinski definition) is 5. The third-order valence-electron chi connectivity index (χ3n) is 2.32. The number of hydrogen-bond donors (Lipinski definition) is 3. The van der Waals surface area contributed by atoms with Crippen molar-refractivity contribution in [1.82, 2.24) is 9.97 Å². The van der Waals surface area contributed by atoms with Gasteiger partial charge in [-0.2, -0.15) is 4.98 Å². The zero-order valence-electron chi connectivity index (χ0n) is 10.7. The van der Waals surface area contributed by atoms with Crippen LogP contribution < -0.4 is 16.4 Å². The van der Waals surface area contributed by atoms with E-state index in [1.54, 1.807) is 20.0 Å². The first-order chi connectivity index (χ1) is 8.36. The van der Waals surface area contributed by atoms with Gasteiger partial charge in [-0.15, -0.1) is 0 Å². The number of anilines is 2. The molecule has 0 aliphatic heterocycles. The summed E-state index contributed by atoms with van der Waals surface area (Å²) in [6, 6.07) is 0. The largest absolute Gasteiger partial charge is 0.368 e. The van der Waals surface area contributed by atoms with Crippen LogP contribution in [0.4, 0.5) is 11.8 Å². The van der Waals surface area contributed by atoms with E-state index in [-0.39, 0.29) is 0 Å².